The summed E-state index contributed by atoms with van der Waals surface area (Å²) in [7, 11) is 0. The van der Waals surface area contributed by atoms with Crippen molar-refractivity contribution < 1.29 is 22.3 Å². The molecule has 0 bridgehead atoms. The number of nitrogens with zero attached hydrogens (tertiary/aromatic N) is 2. The molecule has 0 aliphatic heterocycles. The molecule has 16 heavy (non-hydrogen) atoms. The molecule has 0 aromatic carbocycles. The van der Waals surface area contributed by atoms with E-state index in [1.54, 1.807) is 0 Å². The first kappa shape index (κ1) is 12.9. The zero-order valence-electron chi connectivity index (χ0n) is 8.62. The van der Waals surface area contributed by atoms with Crippen LogP contribution in [0.25, 0.3) is 0 Å². The van der Waals surface area contributed by atoms with Crippen LogP contribution < -0.4 is 5.73 Å². The summed E-state index contributed by atoms with van der Waals surface area (Å²) in [4.78, 5) is 0. The van der Waals surface area contributed by atoms with Crippen LogP contribution >= 0.6 is 0 Å². The largest absolute Gasteiger partial charge is 0.421 e. The number of ether oxygens (including phenoxy) is 1. The Morgan fingerprint density at radius 3 is 2.69 bits per heavy atom. The highest BCUT2D eigenvalue weighted by Gasteiger charge is 2.27. The van der Waals surface area contributed by atoms with E-state index in [1.807, 2.05) is 6.92 Å². The van der Waals surface area contributed by atoms with Gasteiger partial charge in [0.15, 0.2) is 0 Å². The first-order chi connectivity index (χ1) is 7.42. The maximum Gasteiger partial charge on any atom is 0.411 e. The van der Waals surface area contributed by atoms with Crippen molar-refractivity contribution in [3.63, 3.8) is 0 Å². The van der Waals surface area contributed by atoms with Crippen LogP contribution in [0.3, 0.4) is 0 Å². The van der Waals surface area contributed by atoms with Gasteiger partial charge >= 0.3 is 6.18 Å². The van der Waals surface area contributed by atoms with Crippen molar-refractivity contribution in [3.05, 3.63) is 11.8 Å². The van der Waals surface area contributed by atoms with Gasteiger partial charge in [0.1, 0.15) is 13.2 Å². The first-order valence-electron chi connectivity index (χ1n) is 4.64. The summed E-state index contributed by atoms with van der Waals surface area (Å²) in [6.07, 6.45) is -3.76. The van der Waals surface area contributed by atoms with Crippen LogP contribution in [0.15, 0.2) is 4.42 Å². The minimum Gasteiger partial charge on any atom is -0.421 e. The fourth-order valence-corrected chi connectivity index (χ4v) is 0.903. The second-order valence-corrected chi connectivity index (χ2v) is 3.16. The molecule has 1 aromatic rings. The quantitative estimate of drug-likeness (QED) is 0.843. The molecule has 1 aromatic heterocycles. The molecule has 1 rings (SSSR count). The van der Waals surface area contributed by atoms with Crippen molar-refractivity contribution >= 4 is 0 Å². The molecule has 0 amide bonds. The maximum atomic E-state index is 11.7. The maximum absolute atomic E-state index is 11.7. The monoisotopic (exact) mass is 239 g/mol. The lowest BCUT2D eigenvalue weighted by Crippen LogP contribution is -2.16. The van der Waals surface area contributed by atoms with Gasteiger partial charge in [0, 0.05) is 0 Å². The van der Waals surface area contributed by atoms with Gasteiger partial charge in [0.25, 0.3) is 0 Å². The Morgan fingerprint density at radius 2 is 2.12 bits per heavy atom. The minimum atomic E-state index is -4.36. The molecule has 0 saturated carbocycles. The van der Waals surface area contributed by atoms with E-state index in [-0.39, 0.29) is 18.4 Å². The molecule has 0 aliphatic rings. The lowest BCUT2D eigenvalue weighted by Gasteiger charge is -2.05. The van der Waals surface area contributed by atoms with Crippen LogP contribution in [-0.2, 0) is 11.3 Å². The van der Waals surface area contributed by atoms with Crippen molar-refractivity contribution in [2.24, 2.45) is 5.73 Å². The molecule has 1 heterocycles. The van der Waals surface area contributed by atoms with Gasteiger partial charge in [0.2, 0.25) is 11.8 Å². The Hall–Kier alpha value is -1.15. The fourth-order valence-electron chi connectivity index (χ4n) is 0.903. The Balaban J connectivity index is 2.41. The Labute approximate surface area is 89.8 Å². The van der Waals surface area contributed by atoms with Crippen LogP contribution in [0.5, 0.6) is 0 Å². The molecule has 92 valence electrons. The lowest BCUT2D eigenvalue weighted by atomic mass is 10.2. The molecule has 0 fully saturated rings. The molecule has 5 nitrogen and oxygen atoms in total. The molecule has 1 unspecified atom stereocenters. The second kappa shape index (κ2) is 5.26. The Kier molecular flexibility index (Phi) is 4.25. The summed E-state index contributed by atoms with van der Waals surface area (Å²) in [6, 6.07) is -0.399. The van der Waals surface area contributed by atoms with Gasteiger partial charge in [0.05, 0.1) is 6.04 Å². The molecule has 0 saturated heterocycles. The van der Waals surface area contributed by atoms with Crippen LogP contribution in [0.4, 0.5) is 13.2 Å². The van der Waals surface area contributed by atoms with E-state index in [0.717, 1.165) is 0 Å². The fraction of sp³-hybridized carbons (Fsp3) is 0.750. The average Bonchev–Trinajstić information content (AvgIpc) is 2.63. The van der Waals surface area contributed by atoms with Crippen LogP contribution in [0, 0.1) is 0 Å². The number of halogens is 3. The van der Waals surface area contributed by atoms with E-state index in [2.05, 4.69) is 14.9 Å². The first-order valence-corrected chi connectivity index (χ1v) is 4.64. The zero-order valence-corrected chi connectivity index (χ0v) is 8.62. The van der Waals surface area contributed by atoms with Gasteiger partial charge in [-0.05, 0) is 6.42 Å². The zero-order chi connectivity index (χ0) is 12.2. The van der Waals surface area contributed by atoms with Crippen molar-refractivity contribution in [2.45, 2.75) is 32.2 Å². The third-order valence-electron chi connectivity index (χ3n) is 1.73. The number of alkyl halides is 3. The topological polar surface area (TPSA) is 74.2 Å². The third kappa shape index (κ3) is 4.15. The highest BCUT2D eigenvalue weighted by molar-refractivity contribution is 4.86. The molecule has 1 atom stereocenters. The van der Waals surface area contributed by atoms with Crippen LogP contribution in [0.2, 0.25) is 0 Å². The predicted molar refractivity (Wildman–Crippen MR) is 47.2 cm³/mol. The number of hydrogen-bond donors (Lipinski definition) is 1. The number of rotatable bonds is 5. The SMILES string of the molecule is CCC(N)c1nnc(COCC(F)(F)F)o1. The van der Waals surface area contributed by atoms with E-state index < -0.39 is 18.8 Å². The van der Waals surface area contributed by atoms with E-state index >= 15 is 0 Å². The highest BCUT2D eigenvalue weighted by Crippen LogP contribution is 2.16. The van der Waals surface area contributed by atoms with Crippen molar-refractivity contribution in [1.29, 1.82) is 0 Å². The van der Waals surface area contributed by atoms with E-state index in [9.17, 15) is 13.2 Å². The highest BCUT2D eigenvalue weighted by atomic mass is 19.4. The summed E-state index contributed by atoms with van der Waals surface area (Å²) in [5, 5.41) is 7.11. The van der Waals surface area contributed by atoms with Crippen molar-refractivity contribution in [3.8, 4) is 0 Å². The Morgan fingerprint density at radius 1 is 1.44 bits per heavy atom. The van der Waals surface area contributed by atoms with E-state index in [4.69, 9.17) is 10.2 Å². The van der Waals surface area contributed by atoms with Gasteiger partial charge in [-0.15, -0.1) is 10.2 Å². The van der Waals surface area contributed by atoms with Gasteiger partial charge in [-0.2, -0.15) is 13.2 Å². The smallest absolute Gasteiger partial charge is 0.411 e. The molecular weight excluding hydrogens is 227 g/mol. The van der Waals surface area contributed by atoms with Crippen molar-refractivity contribution in [1.82, 2.24) is 10.2 Å². The van der Waals surface area contributed by atoms with Gasteiger partial charge < -0.3 is 14.9 Å². The third-order valence-corrected chi connectivity index (χ3v) is 1.73. The summed E-state index contributed by atoms with van der Waals surface area (Å²) < 4.78 is 44.6. The van der Waals surface area contributed by atoms with Crippen LogP contribution in [-0.4, -0.2) is 23.0 Å². The average molecular weight is 239 g/mol. The summed E-state index contributed by atoms with van der Waals surface area (Å²) in [6.45, 7) is 0.113. The van der Waals surface area contributed by atoms with Gasteiger partial charge in [-0.3, -0.25) is 0 Å². The lowest BCUT2D eigenvalue weighted by molar-refractivity contribution is -0.177. The summed E-state index contributed by atoms with van der Waals surface area (Å²) in [5.74, 6) is 0.191. The van der Waals surface area contributed by atoms with E-state index in [1.165, 1.54) is 0 Å². The summed E-state index contributed by atoms with van der Waals surface area (Å²) in [5.41, 5.74) is 5.59. The predicted octanol–water partition coefficient (Wildman–Crippen LogP) is 1.56. The molecule has 0 radical (unpaired) electrons. The number of nitrogens with two attached hydrogens (primary N) is 1. The number of aromatic nitrogens is 2. The Bertz CT molecular complexity index is 327. The molecular formula is C8H12F3N3O2. The van der Waals surface area contributed by atoms with Crippen LogP contribution in [0.1, 0.15) is 31.2 Å². The molecule has 0 aliphatic carbocycles. The van der Waals surface area contributed by atoms with Gasteiger partial charge in [-0.1, -0.05) is 6.92 Å². The van der Waals surface area contributed by atoms with Crippen molar-refractivity contribution in [2.75, 3.05) is 6.61 Å². The minimum absolute atomic E-state index is 0.0110. The normalized spacial score (nSPS) is 14.1. The van der Waals surface area contributed by atoms with E-state index in [0.29, 0.717) is 6.42 Å². The van der Waals surface area contributed by atoms with Gasteiger partial charge in [-0.25, -0.2) is 0 Å². The second-order valence-electron chi connectivity index (χ2n) is 3.16. The molecule has 2 N–H and O–H groups in total. The summed E-state index contributed by atoms with van der Waals surface area (Å²) >= 11 is 0. The molecule has 8 heteroatoms. The molecule has 0 spiro atoms. The number of hydrogen-bond acceptors (Lipinski definition) is 5. The standard InChI is InChI=1S/C8H12F3N3O2/c1-2-5(12)7-14-13-6(16-7)3-15-4-8(9,10)11/h5H,2-4,12H2,1H3.